The van der Waals surface area contributed by atoms with Gasteiger partial charge in [-0.2, -0.15) is 0 Å². The third-order valence-electron chi connectivity index (χ3n) is 4.99. The molecule has 1 aromatic rings. The van der Waals surface area contributed by atoms with Gasteiger partial charge in [0.15, 0.2) is 5.78 Å². The second-order valence-corrected chi connectivity index (χ2v) is 8.47. The Balaban J connectivity index is 1.67. The topological polar surface area (TPSA) is 34.1 Å². The van der Waals surface area contributed by atoms with Crippen LogP contribution in [0.5, 0.6) is 0 Å². The highest BCUT2D eigenvalue weighted by Crippen LogP contribution is 2.39. The monoisotopic (exact) mass is 304 g/mol. The van der Waals surface area contributed by atoms with E-state index < -0.39 is 10.8 Å². The highest BCUT2D eigenvalue weighted by molar-refractivity contribution is 7.86. The lowest BCUT2D eigenvalue weighted by molar-refractivity contribution is 0.0906. The van der Waals surface area contributed by atoms with Gasteiger partial charge in [-0.1, -0.05) is 37.6 Å². The van der Waals surface area contributed by atoms with Crippen molar-refractivity contribution in [3.63, 3.8) is 0 Å². The Kier molecular flexibility index (Phi) is 4.58. The van der Waals surface area contributed by atoms with Crippen molar-refractivity contribution in [3.05, 3.63) is 35.4 Å². The number of rotatable bonds is 5. The molecular weight excluding hydrogens is 280 g/mol. The largest absolute Gasteiger partial charge is 0.294 e. The number of Topliss-reactive ketones (excluding diaryl/α,β-unsaturated/α-hetero) is 1. The zero-order valence-electron chi connectivity index (χ0n) is 12.7. The molecule has 0 aromatic heterocycles. The van der Waals surface area contributed by atoms with Crippen LogP contribution in [0.2, 0.25) is 0 Å². The molecule has 2 aliphatic heterocycles. The van der Waals surface area contributed by atoms with Gasteiger partial charge in [0, 0.05) is 32.8 Å². The van der Waals surface area contributed by atoms with Gasteiger partial charge in [0.2, 0.25) is 0 Å². The fraction of sp³-hybridized carbons (Fsp3) is 0.611. The van der Waals surface area contributed by atoms with Gasteiger partial charge >= 0.3 is 0 Å². The number of carbonyl (C=O) groups is 1. The van der Waals surface area contributed by atoms with Crippen LogP contribution in [0.1, 0.15) is 61.4 Å². The van der Waals surface area contributed by atoms with Gasteiger partial charge in [-0.3, -0.25) is 9.00 Å². The summed E-state index contributed by atoms with van der Waals surface area (Å²) in [6.45, 7) is 2.19. The summed E-state index contributed by atoms with van der Waals surface area (Å²) in [6, 6.07) is 8.17. The van der Waals surface area contributed by atoms with Crippen molar-refractivity contribution in [2.45, 2.75) is 62.4 Å². The molecule has 3 rings (SSSR count). The summed E-state index contributed by atoms with van der Waals surface area (Å²) < 4.78 is 12.0. The lowest BCUT2D eigenvalue weighted by Gasteiger charge is -2.26. The Morgan fingerprint density at radius 1 is 1.14 bits per heavy atom. The van der Waals surface area contributed by atoms with E-state index in [2.05, 4.69) is 19.1 Å². The number of hydrogen-bond acceptors (Lipinski definition) is 2. The van der Waals surface area contributed by atoms with Gasteiger partial charge in [0.05, 0.1) is 0 Å². The molecule has 0 saturated carbocycles. The van der Waals surface area contributed by atoms with Gasteiger partial charge < -0.3 is 0 Å². The predicted molar refractivity (Wildman–Crippen MR) is 87.1 cm³/mol. The Hall–Kier alpha value is -0.960. The van der Waals surface area contributed by atoms with Crippen molar-refractivity contribution in [1.82, 2.24) is 0 Å². The molecule has 0 radical (unpaired) electrons. The van der Waals surface area contributed by atoms with Crippen LogP contribution in [0.3, 0.4) is 0 Å². The van der Waals surface area contributed by atoms with E-state index in [4.69, 9.17) is 0 Å². The number of ketones is 1. The summed E-state index contributed by atoms with van der Waals surface area (Å²) in [5.41, 5.74) is 2.16. The van der Waals surface area contributed by atoms with Crippen LogP contribution in [0.15, 0.2) is 24.3 Å². The van der Waals surface area contributed by atoms with E-state index in [0.717, 1.165) is 37.7 Å². The molecule has 2 atom stereocenters. The number of aryl methyl sites for hydroxylation is 1. The van der Waals surface area contributed by atoms with Crippen LogP contribution in [0.25, 0.3) is 0 Å². The average molecular weight is 304 g/mol. The molecular formula is C18H24O2S. The molecule has 2 saturated heterocycles. The minimum absolute atomic E-state index is 0.0988. The fourth-order valence-electron chi connectivity index (χ4n) is 3.70. The minimum Gasteiger partial charge on any atom is -0.294 e. The zero-order chi connectivity index (χ0) is 14.8. The number of benzene rings is 1. The SMILES string of the molecule is CCCCc1ccc(C(=O)C2CC3CCC(C2)S3=O)cc1. The number of fused-ring (bicyclic) bond motifs is 2. The summed E-state index contributed by atoms with van der Waals surface area (Å²) in [5, 5.41) is 0.558. The van der Waals surface area contributed by atoms with Gasteiger partial charge in [0.1, 0.15) is 0 Å². The van der Waals surface area contributed by atoms with E-state index in [0.29, 0.717) is 0 Å². The lowest BCUT2D eigenvalue weighted by atomic mass is 9.90. The van der Waals surface area contributed by atoms with Crippen LogP contribution in [-0.4, -0.2) is 20.5 Å². The molecule has 0 amide bonds. The quantitative estimate of drug-likeness (QED) is 0.773. The molecule has 1 aromatic carbocycles. The van der Waals surface area contributed by atoms with Crippen molar-refractivity contribution in [2.75, 3.05) is 0 Å². The first-order valence-corrected chi connectivity index (χ1v) is 9.49. The van der Waals surface area contributed by atoms with E-state index >= 15 is 0 Å². The number of unbranched alkanes of at least 4 members (excludes halogenated alkanes) is 1. The number of hydrogen-bond donors (Lipinski definition) is 0. The smallest absolute Gasteiger partial charge is 0.166 e. The third-order valence-corrected chi connectivity index (χ3v) is 7.16. The molecule has 2 unspecified atom stereocenters. The van der Waals surface area contributed by atoms with E-state index in [1.54, 1.807) is 0 Å². The number of carbonyl (C=O) groups excluding carboxylic acids is 1. The standard InChI is InChI=1S/C18H24O2S/c1-2-3-4-13-5-7-14(8-6-13)18(19)15-11-16-9-10-17(12-15)21(16)20/h5-8,15-17H,2-4,9-12H2,1H3. The first-order valence-electron chi connectivity index (χ1n) is 8.21. The van der Waals surface area contributed by atoms with Crippen LogP contribution >= 0.6 is 0 Å². The molecule has 2 aliphatic rings. The van der Waals surface area contributed by atoms with Gasteiger partial charge in [-0.05, 0) is 44.1 Å². The highest BCUT2D eigenvalue weighted by atomic mass is 32.2. The summed E-state index contributed by atoms with van der Waals surface area (Å²) in [6.07, 6.45) is 7.26. The predicted octanol–water partition coefficient (Wildman–Crippen LogP) is 3.90. The minimum atomic E-state index is -0.672. The van der Waals surface area contributed by atoms with Crippen LogP contribution < -0.4 is 0 Å². The molecule has 2 fully saturated rings. The van der Waals surface area contributed by atoms with Crippen LogP contribution in [0.4, 0.5) is 0 Å². The van der Waals surface area contributed by atoms with E-state index in [1.807, 2.05) is 12.1 Å². The maximum absolute atomic E-state index is 12.7. The maximum Gasteiger partial charge on any atom is 0.166 e. The Labute approximate surface area is 129 Å². The summed E-state index contributed by atoms with van der Waals surface area (Å²) in [7, 11) is -0.672. The van der Waals surface area contributed by atoms with Crippen molar-refractivity contribution in [1.29, 1.82) is 0 Å². The van der Waals surface area contributed by atoms with Crippen molar-refractivity contribution >= 4 is 16.6 Å². The van der Waals surface area contributed by atoms with E-state index in [1.165, 1.54) is 18.4 Å². The lowest BCUT2D eigenvalue weighted by Crippen LogP contribution is -2.32. The second kappa shape index (κ2) is 6.43. The normalized spacial score (nSPS) is 31.3. The van der Waals surface area contributed by atoms with E-state index in [-0.39, 0.29) is 22.2 Å². The summed E-state index contributed by atoms with van der Waals surface area (Å²) in [4.78, 5) is 12.7. The Bertz CT molecular complexity index is 519. The first-order chi connectivity index (χ1) is 10.2. The van der Waals surface area contributed by atoms with Crippen LogP contribution in [0, 0.1) is 5.92 Å². The van der Waals surface area contributed by atoms with Crippen molar-refractivity contribution in [3.8, 4) is 0 Å². The fourth-order valence-corrected chi connectivity index (χ4v) is 5.82. The van der Waals surface area contributed by atoms with Crippen LogP contribution in [-0.2, 0) is 17.2 Å². The summed E-state index contributed by atoms with van der Waals surface area (Å²) >= 11 is 0. The molecule has 2 nitrogen and oxygen atoms in total. The van der Waals surface area contributed by atoms with Gasteiger partial charge in [-0.25, -0.2) is 0 Å². The first kappa shape index (κ1) is 15.0. The molecule has 114 valence electrons. The van der Waals surface area contributed by atoms with Gasteiger partial charge in [-0.15, -0.1) is 0 Å². The Morgan fingerprint density at radius 3 is 2.33 bits per heavy atom. The van der Waals surface area contributed by atoms with Crippen molar-refractivity contribution < 1.29 is 9.00 Å². The zero-order valence-corrected chi connectivity index (χ0v) is 13.5. The molecule has 0 N–H and O–H groups in total. The highest BCUT2D eigenvalue weighted by Gasteiger charge is 2.42. The van der Waals surface area contributed by atoms with E-state index in [9.17, 15) is 9.00 Å². The van der Waals surface area contributed by atoms with Crippen molar-refractivity contribution in [2.24, 2.45) is 5.92 Å². The molecule has 0 aliphatic carbocycles. The second-order valence-electron chi connectivity index (χ2n) is 6.48. The average Bonchev–Trinajstić information content (AvgIpc) is 2.74. The third kappa shape index (κ3) is 3.13. The molecule has 2 bridgehead atoms. The maximum atomic E-state index is 12.7. The molecule has 3 heteroatoms. The molecule has 21 heavy (non-hydrogen) atoms. The molecule has 0 spiro atoms. The summed E-state index contributed by atoms with van der Waals surface area (Å²) in [5.74, 6) is 0.368. The molecule has 2 heterocycles. The van der Waals surface area contributed by atoms with Gasteiger partial charge in [0.25, 0.3) is 0 Å². The Morgan fingerprint density at radius 2 is 1.76 bits per heavy atom.